The van der Waals surface area contributed by atoms with Crippen molar-refractivity contribution in [1.29, 1.82) is 0 Å². The highest BCUT2D eigenvalue weighted by atomic mass is 16.5. The van der Waals surface area contributed by atoms with Crippen LogP contribution in [0.3, 0.4) is 0 Å². The second-order valence-corrected chi connectivity index (χ2v) is 5.82. The van der Waals surface area contributed by atoms with E-state index in [-0.39, 0.29) is 0 Å². The van der Waals surface area contributed by atoms with Crippen molar-refractivity contribution in [3.8, 4) is 5.75 Å². The number of hydrogen-bond acceptors (Lipinski definition) is 3. The summed E-state index contributed by atoms with van der Waals surface area (Å²) in [6, 6.07) is 7.14. The molecule has 1 fully saturated rings. The monoisotopic (exact) mass is 260 g/mol. The maximum atomic E-state index is 5.94. The van der Waals surface area contributed by atoms with Crippen molar-refractivity contribution in [2.75, 3.05) is 26.2 Å². The number of likely N-dealkylation sites (tertiary alicyclic amines) is 1. The van der Waals surface area contributed by atoms with Crippen molar-refractivity contribution >= 4 is 0 Å². The van der Waals surface area contributed by atoms with Crippen LogP contribution in [0.25, 0.3) is 0 Å². The van der Waals surface area contributed by atoms with Gasteiger partial charge in [0.15, 0.2) is 0 Å². The molecule has 0 aliphatic carbocycles. The molecule has 1 saturated heterocycles. The van der Waals surface area contributed by atoms with Gasteiger partial charge >= 0.3 is 0 Å². The molecule has 0 unspecified atom stereocenters. The lowest BCUT2D eigenvalue weighted by atomic mass is 10.0. The van der Waals surface area contributed by atoms with Gasteiger partial charge in [-0.1, -0.05) is 12.1 Å². The van der Waals surface area contributed by atoms with Gasteiger partial charge in [-0.05, 0) is 62.4 Å². The Labute approximate surface area is 115 Å². The van der Waals surface area contributed by atoms with Gasteiger partial charge < -0.3 is 15.4 Å². The van der Waals surface area contributed by atoms with E-state index < -0.39 is 0 Å². The molecule has 3 rings (SSSR count). The first kappa shape index (κ1) is 12.9. The van der Waals surface area contributed by atoms with E-state index in [1.165, 1.54) is 17.5 Å². The van der Waals surface area contributed by atoms with Crippen LogP contribution in [-0.2, 0) is 12.8 Å². The van der Waals surface area contributed by atoms with Gasteiger partial charge in [0.2, 0.25) is 0 Å². The molecule has 0 atom stereocenters. The van der Waals surface area contributed by atoms with Crippen LogP contribution in [0.2, 0.25) is 0 Å². The summed E-state index contributed by atoms with van der Waals surface area (Å²) in [7, 11) is 0. The van der Waals surface area contributed by atoms with E-state index in [0.717, 1.165) is 57.7 Å². The third-order valence-corrected chi connectivity index (χ3v) is 4.32. The van der Waals surface area contributed by atoms with Gasteiger partial charge in [0.05, 0.1) is 6.61 Å². The average molecular weight is 260 g/mol. The summed E-state index contributed by atoms with van der Waals surface area (Å²) in [6.07, 6.45) is 5.76. The van der Waals surface area contributed by atoms with Crippen LogP contribution in [0, 0.1) is 0 Å². The van der Waals surface area contributed by atoms with Gasteiger partial charge in [-0.2, -0.15) is 0 Å². The first-order valence-corrected chi connectivity index (χ1v) is 7.54. The second-order valence-electron chi connectivity index (χ2n) is 5.82. The fraction of sp³-hybridized carbons (Fsp3) is 0.625. The Balaban J connectivity index is 1.55. The number of benzene rings is 1. The van der Waals surface area contributed by atoms with E-state index in [4.69, 9.17) is 10.5 Å². The zero-order valence-corrected chi connectivity index (χ0v) is 11.6. The summed E-state index contributed by atoms with van der Waals surface area (Å²) in [4.78, 5) is 2.54. The number of fused-ring (bicyclic) bond motifs is 1. The van der Waals surface area contributed by atoms with Gasteiger partial charge in [-0.3, -0.25) is 0 Å². The fourth-order valence-electron chi connectivity index (χ4n) is 3.03. The Morgan fingerprint density at radius 1 is 1.26 bits per heavy atom. The van der Waals surface area contributed by atoms with Crippen LogP contribution >= 0.6 is 0 Å². The van der Waals surface area contributed by atoms with Gasteiger partial charge in [0.1, 0.15) is 5.75 Å². The summed E-state index contributed by atoms with van der Waals surface area (Å²) in [5, 5.41) is 0. The van der Waals surface area contributed by atoms with Gasteiger partial charge in [0.25, 0.3) is 0 Å². The Bertz CT molecular complexity index is 425. The first-order valence-electron chi connectivity index (χ1n) is 7.54. The minimum absolute atomic E-state index is 0.428. The smallest absolute Gasteiger partial charge is 0.122 e. The first-order chi connectivity index (χ1) is 9.31. The number of piperidine rings is 1. The highest BCUT2D eigenvalue weighted by Crippen LogP contribution is 2.25. The molecule has 0 bridgehead atoms. The molecule has 1 aromatic carbocycles. The number of aryl methyl sites for hydroxylation is 1. The largest absolute Gasteiger partial charge is 0.493 e. The Morgan fingerprint density at radius 2 is 2.11 bits per heavy atom. The highest BCUT2D eigenvalue weighted by Gasteiger charge is 2.16. The molecule has 2 aliphatic rings. The SMILES string of the molecule is NC1CCN(CCc2ccc3c(c2)CCCO3)CC1. The van der Waals surface area contributed by atoms with Gasteiger partial charge in [-0.15, -0.1) is 0 Å². The Morgan fingerprint density at radius 3 is 2.95 bits per heavy atom. The summed E-state index contributed by atoms with van der Waals surface area (Å²) in [6.45, 7) is 4.36. The van der Waals surface area contributed by atoms with E-state index in [1.807, 2.05) is 0 Å². The summed E-state index contributed by atoms with van der Waals surface area (Å²) < 4.78 is 5.66. The molecule has 2 heterocycles. The van der Waals surface area contributed by atoms with Crippen molar-refractivity contribution < 1.29 is 4.74 Å². The lowest BCUT2D eigenvalue weighted by Gasteiger charge is -2.30. The van der Waals surface area contributed by atoms with Crippen molar-refractivity contribution in [2.24, 2.45) is 5.73 Å². The minimum atomic E-state index is 0.428. The summed E-state index contributed by atoms with van der Waals surface area (Å²) >= 11 is 0. The van der Waals surface area contributed by atoms with Crippen molar-refractivity contribution in [2.45, 2.75) is 38.1 Å². The molecular formula is C16H24N2O. The van der Waals surface area contributed by atoms with Crippen molar-refractivity contribution in [3.05, 3.63) is 29.3 Å². The minimum Gasteiger partial charge on any atom is -0.493 e. The van der Waals surface area contributed by atoms with E-state index in [2.05, 4.69) is 23.1 Å². The zero-order chi connectivity index (χ0) is 13.1. The Hall–Kier alpha value is -1.06. The van der Waals surface area contributed by atoms with Crippen LogP contribution in [0.4, 0.5) is 0 Å². The third-order valence-electron chi connectivity index (χ3n) is 4.32. The molecule has 0 saturated carbocycles. The Kier molecular flexibility index (Phi) is 4.04. The number of rotatable bonds is 3. The molecule has 2 N–H and O–H groups in total. The molecule has 0 amide bonds. The van der Waals surface area contributed by atoms with E-state index in [1.54, 1.807) is 0 Å². The molecule has 0 spiro atoms. The molecule has 3 nitrogen and oxygen atoms in total. The van der Waals surface area contributed by atoms with Crippen LogP contribution in [0.1, 0.15) is 30.4 Å². The predicted octanol–water partition coefficient (Wildman–Crippen LogP) is 1.98. The topological polar surface area (TPSA) is 38.5 Å². The summed E-state index contributed by atoms with van der Waals surface area (Å²) in [5.41, 5.74) is 8.78. The molecule has 19 heavy (non-hydrogen) atoms. The number of nitrogens with zero attached hydrogens (tertiary/aromatic N) is 1. The highest BCUT2D eigenvalue weighted by molar-refractivity contribution is 5.38. The van der Waals surface area contributed by atoms with Gasteiger partial charge in [0, 0.05) is 12.6 Å². The van der Waals surface area contributed by atoms with Crippen LogP contribution < -0.4 is 10.5 Å². The zero-order valence-electron chi connectivity index (χ0n) is 11.6. The van der Waals surface area contributed by atoms with E-state index in [0.29, 0.717) is 6.04 Å². The fourth-order valence-corrected chi connectivity index (χ4v) is 3.03. The van der Waals surface area contributed by atoms with E-state index >= 15 is 0 Å². The standard InChI is InChI=1S/C16H24N2O/c17-15-6-9-18(10-7-15)8-5-13-3-4-16-14(12-13)2-1-11-19-16/h3-4,12,15H,1-2,5-11,17H2. The molecule has 3 heteroatoms. The molecular weight excluding hydrogens is 236 g/mol. The molecule has 104 valence electrons. The van der Waals surface area contributed by atoms with E-state index in [9.17, 15) is 0 Å². The lowest BCUT2D eigenvalue weighted by molar-refractivity contribution is 0.215. The normalized spacial score (nSPS) is 20.9. The maximum absolute atomic E-state index is 5.94. The summed E-state index contributed by atoms with van der Waals surface area (Å²) in [5.74, 6) is 1.10. The average Bonchev–Trinajstić information content (AvgIpc) is 2.46. The van der Waals surface area contributed by atoms with Gasteiger partial charge in [-0.25, -0.2) is 0 Å². The molecule has 2 aliphatic heterocycles. The van der Waals surface area contributed by atoms with Crippen molar-refractivity contribution in [3.63, 3.8) is 0 Å². The lowest BCUT2D eigenvalue weighted by Crippen LogP contribution is -2.40. The predicted molar refractivity (Wildman–Crippen MR) is 77.6 cm³/mol. The third kappa shape index (κ3) is 3.28. The number of ether oxygens (including phenoxy) is 1. The number of nitrogens with two attached hydrogens (primary N) is 1. The quantitative estimate of drug-likeness (QED) is 0.903. The molecule has 0 aromatic heterocycles. The maximum Gasteiger partial charge on any atom is 0.122 e. The van der Waals surface area contributed by atoms with Crippen molar-refractivity contribution in [1.82, 2.24) is 4.90 Å². The number of hydrogen-bond donors (Lipinski definition) is 1. The van der Waals surface area contributed by atoms with Crippen LogP contribution in [-0.4, -0.2) is 37.2 Å². The van der Waals surface area contributed by atoms with Crippen LogP contribution in [0.15, 0.2) is 18.2 Å². The van der Waals surface area contributed by atoms with Crippen LogP contribution in [0.5, 0.6) is 5.75 Å². The molecule has 1 aromatic rings. The molecule has 0 radical (unpaired) electrons. The second kappa shape index (κ2) is 5.93.